The predicted octanol–water partition coefficient (Wildman–Crippen LogP) is 0.460. The quantitative estimate of drug-likeness (QED) is 0.454. The molecule has 4 heteroatoms. The van der Waals surface area contributed by atoms with Crippen LogP contribution in [0.5, 0.6) is 0 Å². The van der Waals surface area contributed by atoms with Crippen molar-refractivity contribution in [3.63, 3.8) is 0 Å². The van der Waals surface area contributed by atoms with Gasteiger partial charge < -0.3 is 10.6 Å². The van der Waals surface area contributed by atoms with Gasteiger partial charge in [-0.2, -0.15) is 0 Å². The fraction of sp³-hybridized carbons (Fsp3) is 0.857. The zero-order valence-corrected chi connectivity index (χ0v) is 7.10. The molecule has 0 aromatic carbocycles. The number of amidine groups is 1. The van der Waals surface area contributed by atoms with E-state index in [0.29, 0.717) is 13.1 Å². The van der Waals surface area contributed by atoms with Crippen LogP contribution in [0, 0.1) is 11.3 Å². The number of hydrogen-bond acceptors (Lipinski definition) is 2. The third-order valence-corrected chi connectivity index (χ3v) is 1.58. The van der Waals surface area contributed by atoms with E-state index >= 15 is 0 Å². The van der Waals surface area contributed by atoms with E-state index in [1.165, 1.54) is 0 Å². The Kier molecular flexibility index (Phi) is 4.77. The van der Waals surface area contributed by atoms with Gasteiger partial charge in [0.15, 0.2) is 0 Å². The number of rotatable bonds is 5. The Labute approximate surface area is 66.9 Å². The molecular formula is C7H16FN3. The van der Waals surface area contributed by atoms with Crippen LogP contribution in [0.25, 0.3) is 0 Å². The minimum absolute atomic E-state index is 0.0200. The molecule has 0 saturated heterocycles. The smallest absolute Gasteiger partial charge is 0.102 e. The first kappa shape index (κ1) is 10.4. The van der Waals surface area contributed by atoms with Crippen LogP contribution in [0.4, 0.5) is 4.39 Å². The summed E-state index contributed by atoms with van der Waals surface area (Å²) in [6, 6.07) is 0. The number of halogens is 1. The van der Waals surface area contributed by atoms with Crippen molar-refractivity contribution in [2.45, 2.75) is 6.92 Å². The average Bonchev–Trinajstić information content (AvgIpc) is 1.87. The molecule has 0 fully saturated rings. The minimum atomic E-state index is -0.346. The van der Waals surface area contributed by atoms with Crippen LogP contribution in [-0.4, -0.2) is 37.5 Å². The lowest BCUT2D eigenvalue weighted by atomic mass is 10.1. The number of nitrogens with one attached hydrogen (secondary N) is 1. The second-order valence-electron chi connectivity index (χ2n) is 2.81. The second-order valence-corrected chi connectivity index (χ2v) is 2.81. The van der Waals surface area contributed by atoms with Crippen molar-refractivity contribution in [3.8, 4) is 0 Å². The van der Waals surface area contributed by atoms with Crippen molar-refractivity contribution in [1.82, 2.24) is 4.90 Å². The van der Waals surface area contributed by atoms with Gasteiger partial charge in [0.1, 0.15) is 6.67 Å². The SMILES string of the molecule is CC(CN(C)CCF)C(=N)N. The fourth-order valence-corrected chi connectivity index (χ4v) is 0.801. The van der Waals surface area contributed by atoms with Gasteiger partial charge in [-0.25, -0.2) is 4.39 Å². The van der Waals surface area contributed by atoms with Crippen molar-refractivity contribution in [1.29, 1.82) is 5.41 Å². The summed E-state index contributed by atoms with van der Waals surface area (Å²) in [5.41, 5.74) is 5.24. The van der Waals surface area contributed by atoms with Crippen molar-refractivity contribution < 1.29 is 4.39 Å². The van der Waals surface area contributed by atoms with Crippen LogP contribution in [0.15, 0.2) is 0 Å². The Morgan fingerprint density at radius 2 is 2.27 bits per heavy atom. The number of nitrogens with two attached hydrogens (primary N) is 1. The van der Waals surface area contributed by atoms with Crippen molar-refractivity contribution in [3.05, 3.63) is 0 Å². The maximum atomic E-state index is 11.8. The molecule has 0 saturated carbocycles. The summed E-state index contributed by atoms with van der Waals surface area (Å²) in [6.07, 6.45) is 0. The van der Waals surface area contributed by atoms with Gasteiger partial charge in [0.2, 0.25) is 0 Å². The van der Waals surface area contributed by atoms with Crippen LogP contribution in [0.1, 0.15) is 6.92 Å². The molecule has 0 spiro atoms. The van der Waals surface area contributed by atoms with Gasteiger partial charge in [0, 0.05) is 19.0 Å². The van der Waals surface area contributed by atoms with Gasteiger partial charge in [-0.15, -0.1) is 0 Å². The molecule has 0 radical (unpaired) electrons. The standard InChI is InChI=1S/C7H16FN3/c1-6(7(9)10)5-11(2)4-3-8/h6H,3-5H2,1-2H3,(H3,9,10). The predicted molar refractivity (Wildman–Crippen MR) is 44.6 cm³/mol. The Balaban J connectivity index is 3.56. The number of alkyl halides is 1. The molecule has 0 aliphatic rings. The first-order valence-electron chi connectivity index (χ1n) is 3.66. The fourth-order valence-electron chi connectivity index (χ4n) is 0.801. The maximum Gasteiger partial charge on any atom is 0.102 e. The van der Waals surface area contributed by atoms with Gasteiger partial charge in [0.05, 0.1) is 5.84 Å². The van der Waals surface area contributed by atoms with E-state index in [1.807, 2.05) is 18.9 Å². The summed E-state index contributed by atoms with van der Waals surface area (Å²) in [4.78, 5) is 1.83. The lowest BCUT2D eigenvalue weighted by molar-refractivity contribution is 0.281. The van der Waals surface area contributed by atoms with Gasteiger partial charge in [0.25, 0.3) is 0 Å². The molecule has 66 valence electrons. The zero-order chi connectivity index (χ0) is 8.85. The Morgan fingerprint density at radius 1 is 1.73 bits per heavy atom. The van der Waals surface area contributed by atoms with Gasteiger partial charge in [-0.3, -0.25) is 5.41 Å². The van der Waals surface area contributed by atoms with Crippen molar-refractivity contribution in [2.75, 3.05) is 26.8 Å². The molecule has 1 unspecified atom stereocenters. The van der Waals surface area contributed by atoms with E-state index in [9.17, 15) is 4.39 Å². The molecule has 0 heterocycles. The third kappa shape index (κ3) is 4.72. The summed E-state index contributed by atoms with van der Waals surface area (Å²) < 4.78 is 11.8. The molecular weight excluding hydrogens is 145 g/mol. The van der Waals surface area contributed by atoms with Gasteiger partial charge in [-0.1, -0.05) is 6.92 Å². The molecule has 3 nitrogen and oxygen atoms in total. The largest absolute Gasteiger partial charge is 0.387 e. The Bertz CT molecular complexity index is 127. The molecule has 0 amide bonds. The summed E-state index contributed by atoms with van der Waals surface area (Å²) in [7, 11) is 1.82. The van der Waals surface area contributed by atoms with E-state index in [4.69, 9.17) is 11.1 Å². The molecule has 0 aliphatic carbocycles. The van der Waals surface area contributed by atoms with Crippen molar-refractivity contribution >= 4 is 5.84 Å². The van der Waals surface area contributed by atoms with Gasteiger partial charge >= 0.3 is 0 Å². The normalized spacial score (nSPS) is 13.5. The Morgan fingerprint density at radius 3 is 2.64 bits per heavy atom. The first-order chi connectivity index (χ1) is 5.07. The third-order valence-electron chi connectivity index (χ3n) is 1.58. The molecule has 0 aromatic heterocycles. The monoisotopic (exact) mass is 161 g/mol. The van der Waals surface area contributed by atoms with Crippen molar-refractivity contribution in [2.24, 2.45) is 11.7 Å². The van der Waals surface area contributed by atoms with E-state index < -0.39 is 0 Å². The van der Waals surface area contributed by atoms with E-state index in [2.05, 4.69) is 0 Å². The topological polar surface area (TPSA) is 53.1 Å². The van der Waals surface area contributed by atoms with E-state index in [-0.39, 0.29) is 18.4 Å². The molecule has 3 N–H and O–H groups in total. The molecule has 0 rings (SSSR count). The average molecular weight is 161 g/mol. The van der Waals surface area contributed by atoms with E-state index in [1.54, 1.807) is 0 Å². The first-order valence-corrected chi connectivity index (χ1v) is 3.66. The lowest BCUT2D eigenvalue weighted by Gasteiger charge is -2.18. The van der Waals surface area contributed by atoms with Crippen LogP contribution in [0.3, 0.4) is 0 Å². The number of nitrogens with zero attached hydrogens (tertiary/aromatic N) is 1. The minimum Gasteiger partial charge on any atom is -0.387 e. The van der Waals surface area contributed by atoms with Crippen LogP contribution in [0.2, 0.25) is 0 Å². The van der Waals surface area contributed by atoms with E-state index in [0.717, 1.165) is 0 Å². The highest BCUT2D eigenvalue weighted by atomic mass is 19.1. The summed E-state index contributed by atoms with van der Waals surface area (Å²) in [6.45, 7) is 2.58. The molecule has 0 bridgehead atoms. The van der Waals surface area contributed by atoms with Gasteiger partial charge in [-0.05, 0) is 7.05 Å². The number of hydrogen-bond donors (Lipinski definition) is 2. The molecule has 1 atom stereocenters. The lowest BCUT2D eigenvalue weighted by Crippen LogP contribution is -2.33. The highest BCUT2D eigenvalue weighted by Crippen LogP contribution is 1.96. The Hall–Kier alpha value is -0.640. The molecule has 0 aliphatic heterocycles. The highest BCUT2D eigenvalue weighted by Gasteiger charge is 2.07. The highest BCUT2D eigenvalue weighted by molar-refractivity contribution is 5.79. The summed E-state index contributed by atoms with van der Waals surface area (Å²) >= 11 is 0. The summed E-state index contributed by atoms with van der Waals surface area (Å²) in [5, 5.41) is 7.08. The molecule has 11 heavy (non-hydrogen) atoms. The zero-order valence-electron chi connectivity index (χ0n) is 7.10. The van der Waals surface area contributed by atoms with Crippen LogP contribution >= 0.6 is 0 Å². The second kappa shape index (κ2) is 5.07. The summed E-state index contributed by atoms with van der Waals surface area (Å²) in [5.74, 6) is 0.183. The van der Waals surface area contributed by atoms with Crippen LogP contribution in [-0.2, 0) is 0 Å². The maximum absolute atomic E-state index is 11.8. The molecule has 0 aromatic rings. The van der Waals surface area contributed by atoms with Crippen LogP contribution < -0.4 is 5.73 Å².